The maximum absolute atomic E-state index is 5.44. The van der Waals surface area contributed by atoms with E-state index in [1.165, 1.54) is 16.7 Å². The van der Waals surface area contributed by atoms with Gasteiger partial charge in [-0.15, -0.1) is 0 Å². The van der Waals surface area contributed by atoms with E-state index in [2.05, 4.69) is 169 Å². The van der Waals surface area contributed by atoms with Crippen LogP contribution in [0.5, 0.6) is 0 Å². The quantitative estimate of drug-likeness (QED) is 0.156. The first-order valence-electron chi connectivity index (χ1n) is 21.2. The number of amidine groups is 3. The fraction of sp³-hybridized carbons (Fsp3) is 0.107. The summed E-state index contributed by atoms with van der Waals surface area (Å²) < 4.78 is 0. The molecule has 294 valence electrons. The number of nitrogens with one attached hydrogen (secondary N) is 1. The Balaban J connectivity index is 1.05. The molecule has 0 saturated heterocycles. The molecular formula is C56H45N5. The van der Waals surface area contributed by atoms with Crippen LogP contribution >= 0.6 is 0 Å². The van der Waals surface area contributed by atoms with E-state index in [1.807, 2.05) is 36.4 Å². The third-order valence-corrected chi connectivity index (χ3v) is 11.9. The highest BCUT2D eigenvalue weighted by atomic mass is 15.2. The van der Waals surface area contributed by atoms with Crippen molar-refractivity contribution < 1.29 is 0 Å². The van der Waals surface area contributed by atoms with Crippen molar-refractivity contribution in [2.45, 2.75) is 31.5 Å². The van der Waals surface area contributed by atoms with E-state index in [-0.39, 0.29) is 12.0 Å². The van der Waals surface area contributed by atoms with Crippen LogP contribution in [0.25, 0.3) is 27.8 Å². The Bertz CT molecular complexity index is 2740. The van der Waals surface area contributed by atoms with Crippen molar-refractivity contribution in [2.24, 2.45) is 25.9 Å². The van der Waals surface area contributed by atoms with Gasteiger partial charge in [0.1, 0.15) is 11.7 Å². The number of hydrogen-bond donors (Lipinski definition) is 1. The zero-order valence-electron chi connectivity index (χ0n) is 33.9. The van der Waals surface area contributed by atoms with Gasteiger partial charge in [0.2, 0.25) is 0 Å². The van der Waals surface area contributed by atoms with E-state index in [4.69, 9.17) is 26.5 Å². The van der Waals surface area contributed by atoms with Gasteiger partial charge in [-0.3, -0.25) is 4.99 Å². The molecule has 61 heavy (non-hydrogen) atoms. The lowest BCUT2D eigenvalue weighted by Gasteiger charge is -2.35. The molecule has 5 heteroatoms. The molecule has 2 unspecified atom stereocenters. The van der Waals surface area contributed by atoms with E-state index in [1.54, 1.807) is 0 Å². The summed E-state index contributed by atoms with van der Waals surface area (Å²) in [6.07, 6.45) is 4.98. The molecule has 5 nitrogen and oxygen atoms in total. The van der Waals surface area contributed by atoms with Crippen LogP contribution < -0.4 is 5.32 Å². The van der Waals surface area contributed by atoms with Crippen LogP contribution in [0.4, 0.5) is 0 Å². The van der Waals surface area contributed by atoms with Gasteiger partial charge in [0.25, 0.3) is 0 Å². The molecule has 7 aromatic rings. The second kappa shape index (κ2) is 17.0. The summed E-state index contributed by atoms with van der Waals surface area (Å²) in [5.74, 6) is 2.40. The number of allylic oxidation sites excluding steroid dienone is 1. The van der Waals surface area contributed by atoms with Crippen molar-refractivity contribution in [3.05, 3.63) is 246 Å². The zero-order chi connectivity index (χ0) is 41.0. The number of aliphatic imine (C=N–C) groups is 4. The highest BCUT2D eigenvalue weighted by molar-refractivity contribution is 6.22. The summed E-state index contributed by atoms with van der Waals surface area (Å²) in [7, 11) is 0. The van der Waals surface area contributed by atoms with Crippen LogP contribution in [0.2, 0.25) is 0 Å². The molecule has 0 fully saturated rings. The van der Waals surface area contributed by atoms with Crippen molar-refractivity contribution in [1.29, 1.82) is 0 Å². The number of benzene rings is 7. The van der Waals surface area contributed by atoms with Crippen LogP contribution in [-0.4, -0.2) is 29.3 Å². The summed E-state index contributed by atoms with van der Waals surface area (Å²) in [6.45, 7) is 4.72. The summed E-state index contributed by atoms with van der Waals surface area (Å²) in [5.41, 5.74) is 14.0. The molecule has 0 bridgehead atoms. The Morgan fingerprint density at radius 1 is 0.459 bits per heavy atom. The first kappa shape index (κ1) is 37.7. The van der Waals surface area contributed by atoms with Crippen molar-refractivity contribution in [1.82, 2.24) is 5.32 Å². The second-order valence-corrected chi connectivity index (χ2v) is 15.7. The van der Waals surface area contributed by atoms with E-state index < -0.39 is 6.17 Å². The molecule has 2 atom stereocenters. The van der Waals surface area contributed by atoms with Crippen molar-refractivity contribution in [3.63, 3.8) is 0 Å². The van der Waals surface area contributed by atoms with Gasteiger partial charge in [-0.1, -0.05) is 207 Å². The van der Waals surface area contributed by atoms with Gasteiger partial charge < -0.3 is 5.32 Å². The summed E-state index contributed by atoms with van der Waals surface area (Å²) in [5, 5.41) is 3.65. The van der Waals surface area contributed by atoms with Gasteiger partial charge in [-0.05, 0) is 58.2 Å². The smallest absolute Gasteiger partial charge is 0.170 e. The van der Waals surface area contributed by atoms with Gasteiger partial charge in [0, 0.05) is 33.7 Å². The Morgan fingerprint density at radius 2 is 0.918 bits per heavy atom. The van der Waals surface area contributed by atoms with Gasteiger partial charge in [0.05, 0.1) is 11.8 Å². The standard InChI is InChI=1S/C56H45N5/c1-38-51(43-22-10-4-11-23-43)57-53(44-24-12-5-13-25-44)58-52(38)49-28-16-14-26-47(49)48-27-15-17-29-50(48)56-60-54(45-34-30-41(31-35-45)39-18-6-2-7-19-39)59-55(61-56)46-36-32-42(33-37-46)40-20-8-3-9-21-40/h2-13,15,17-27,29-37,49,52,56H,1,14,16,28H2,(H,59,60,61). The van der Waals surface area contributed by atoms with Crippen LogP contribution in [0, 0.1) is 5.92 Å². The molecule has 0 spiro atoms. The summed E-state index contributed by atoms with van der Waals surface area (Å²) in [4.78, 5) is 21.4. The van der Waals surface area contributed by atoms with E-state index in [0.29, 0.717) is 0 Å². The third kappa shape index (κ3) is 7.86. The van der Waals surface area contributed by atoms with Gasteiger partial charge in [-0.25, -0.2) is 15.0 Å². The highest BCUT2D eigenvalue weighted by Crippen LogP contribution is 2.43. The lowest BCUT2D eigenvalue weighted by molar-refractivity contribution is 0.503. The number of rotatable bonds is 9. The SMILES string of the molecule is C=C1C(c2ccccc2)=NC(c2ccccc2)=NC1C1CCCC=C1c1ccccc1C1N=C(c2ccc(-c3ccccc3)cc2)NC(c2ccc(-c3ccccc3)cc2)=N1. The Hall–Kier alpha value is -7.50. The van der Waals surface area contributed by atoms with Crippen molar-refractivity contribution in [2.75, 3.05) is 0 Å². The molecule has 1 N–H and O–H groups in total. The first-order valence-corrected chi connectivity index (χ1v) is 21.2. The van der Waals surface area contributed by atoms with Crippen LogP contribution in [-0.2, 0) is 0 Å². The Morgan fingerprint density at radius 3 is 1.48 bits per heavy atom. The molecule has 0 radical (unpaired) electrons. The maximum atomic E-state index is 5.44. The summed E-state index contributed by atoms with van der Waals surface area (Å²) >= 11 is 0. The topological polar surface area (TPSA) is 61.5 Å². The van der Waals surface area contributed by atoms with Gasteiger partial charge in [-0.2, -0.15) is 0 Å². The van der Waals surface area contributed by atoms with Crippen molar-refractivity contribution >= 4 is 28.8 Å². The van der Waals surface area contributed by atoms with Crippen LogP contribution in [0.1, 0.15) is 58.8 Å². The lowest BCUT2D eigenvalue weighted by Crippen LogP contribution is -2.36. The maximum Gasteiger partial charge on any atom is 0.170 e. The summed E-state index contributed by atoms with van der Waals surface area (Å²) in [6, 6.07) is 67.5. The number of nitrogens with zero attached hydrogens (tertiary/aromatic N) is 4. The fourth-order valence-corrected chi connectivity index (χ4v) is 8.77. The predicted molar refractivity (Wildman–Crippen MR) is 253 cm³/mol. The van der Waals surface area contributed by atoms with Gasteiger partial charge >= 0.3 is 0 Å². The molecule has 0 amide bonds. The molecular weight excluding hydrogens is 743 g/mol. The molecule has 10 rings (SSSR count). The molecule has 0 saturated carbocycles. The second-order valence-electron chi connectivity index (χ2n) is 15.7. The average Bonchev–Trinajstić information content (AvgIpc) is 3.35. The third-order valence-electron chi connectivity index (χ3n) is 11.9. The first-order chi connectivity index (χ1) is 30.2. The largest absolute Gasteiger partial charge is 0.324 e. The van der Waals surface area contributed by atoms with Crippen LogP contribution in [0.15, 0.2) is 232 Å². The Kier molecular flexibility index (Phi) is 10.5. The molecule has 2 aliphatic heterocycles. The average molecular weight is 788 g/mol. The molecule has 7 aromatic carbocycles. The molecule has 1 aliphatic carbocycles. The van der Waals surface area contributed by atoms with Gasteiger partial charge in [0.15, 0.2) is 12.0 Å². The minimum Gasteiger partial charge on any atom is -0.324 e. The minimum atomic E-state index is -0.493. The van der Waals surface area contributed by atoms with Crippen LogP contribution in [0.3, 0.4) is 0 Å². The fourth-order valence-electron chi connectivity index (χ4n) is 8.77. The molecule has 3 aliphatic rings. The van der Waals surface area contributed by atoms with E-state index in [9.17, 15) is 0 Å². The zero-order valence-corrected chi connectivity index (χ0v) is 33.9. The highest BCUT2D eigenvalue weighted by Gasteiger charge is 2.36. The minimum absolute atomic E-state index is 0.0833. The normalized spacial score (nSPS) is 17.9. The van der Waals surface area contributed by atoms with E-state index in [0.717, 1.165) is 92.6 Å². The van der Waals surface area contributed by atoms with E-state index >= 15 is 0 Å². The Labute approximate surface area is 358 Å². The predicted octanol–water partition coefficient (Wildman–Crippen LogP) is 12.6. The molecule has 2 heterocycles. The lowest BCUT2D eigenvalue weighted by atomic mass is 9.74. The molecule has 0 aromatic heterocycles. The number of hydrogen-bond acceptors (Lipinski definition) is 5. The monoisotopic (exact) mass is 787 g/mol. The van der Waals surface area contributed by atoms with Crippen molar-refractivity contribution in [3.8, 4) is 22.3 Å².